The molecule has 0 bridgehead atoms. The third kappa shape index (κ3) is 2.64. The van der Waals surface area contributed by atoms with Gasteiger partial charge in [-0.1, -0.05) is 18.2 Å². The summed E-state index contributed by atoms with van der Waals surface area (Å²) >= 11 is 3.21. The van der Waals surface area contributed by atoms with Crippen LogP contribution in [0, 0.1) is 0 Å². The Kier molecular flexibility index (Phi) is 3.89. The zero-order valence-corrected chi connectivity index (χ0v) is 12.4. The number of carbonyl (C=O) groups excluding carboxylic acids is 2. The fourth-order valence-electron chi connectivity index (χ4n) is 2.15. The smallest absolute Gasteiger partial charge is 0.252 e. The molecule has 0 radical (unpaired) electrons. The van der Waals surface area contributed by atoms with Crippen molar-refractivity contribution in [1.82, 2.24) is 5.32 Å². The molecule has 5 heteroatoms. The first kappa shape index (κ1) is 13.4. The van der Waals surface area contributed by atoms with Crippen molar-refractivity contribution >= 4 is 34.8 Å². The number of ketones is 1. The summed E-state index contributed by atoms with van der Waals surface area (Å²) in [5, 5.41) is 4.90. The maximum atomic E-state index is 12.3. The van der Waals surface area contributed by atoms with Gasteiger partial charge in [0, 0.05) is 27.5 Å². The highest BCUT2D eigenvalue weighted by Gasteiger charge is 2.22. The molecule has 0 spiro atoms. The van der Waals surface area contributed by atoms with Crippen LogP contribution in [0.4, 0.5) is 0 Å². The molecule has 1 N–H and O–H groups in total. The third-order valence-corrected chi connectivity index (χ3v) is 5.15. The van der Waals surface area contributed by atoms with Gasteiger partial charge in [-0.3, -0.25) is 9.59 Å². The molecule has 0 aliphatic carbocycles. The largest absolute Gasteiger partial charge is 0.347 e. The average Bonchev–Trinajstić information content (AvgIpc) is 2.98. The molecule has 2 heterocycles. The molecule has 0 fully saturated rings. The first-order valence-corrected chi connectivity index (χ1v) is 8.22. The predicted molar refractivity (Wildman–Crippen MR) is 81.6 cm³/mol. The first-order valence-electron chi connectivity index (χ1n) is 6.35. The van der Waals surface area contributed by atoms with Gasteiger partial charge in [0.2, 0.25) is 0 Å². The van der Waals surface area contributed by atoms with Crippen LogP contribution >= 0.6 is 23.1 Å². The fourth-order valence-corrected chi connectivity index (χ4v) is 3.94. The summed E-state index contributed by atoms with van der Waals surface area (Å²) in [5.41, 5.74) is 1.29. The molecule has 0 saturated carbocycles. The van der Waals surface area contributed by atoms with Gasteiger partial charge in [-0.2, -0.15) is 0 Å². The third-order valence-electron chi connectivity index (χ3n) is 3.14. The summed E-state index contributed by atoms with van der Waals surface area (Å²) in [4.78, 5) is 26.1. The lowest BCUT2D eigenvalue weighted by Crippen LogP contribution is -2.24. The van der Waals surface area contributed by atoms with Crippen molar-refractivity contribution in [2.24, 2.45) is 0 Å². The molecule has 3 rings (SSSR count). The zero-order valence-electron chi connectivity index (χ0n) is 10.7. The Morgan fingerprint density at radius 2 is 2.15 bits per heavy atom. The van der Waals surface area contributed by atoms with Crippen molar-refractivity contribution < 1.29 is 9.59 Å². The summed E-state index contributed by atoms with van der Waals surface area (Å²) in [6.07, 6.45) is 0.554. The minimum atomic E-state index is -0.113. The minimum absolute atomic E-state index is 0.113. The highest BCUT2D eigenvalue weighted by Crippen LogP contribution is 2.33. The molecule has 1 aliphatic heterocycles. The van der Waals surface area contributed by atoms with E-state index in [1.54, 1.807) is 41.3 Å². The lowest BCUT2D eigenvalue weighted by molar-refractivity contribution is 0.0948. The maximum Gasteiger partial charge on any atom is 0.252 e. The monoisotopic (exact) mass is 303 g/mol. The lowest BCUT2D eigenvalue weighted by Gasteiger charge is -2.17. The van der Waals surface area contributed by atoms with Gasteiger partial charge in [-0.15, -0.1) is 23.1 Å². The number of rotatable bonds is 3. The molecule has 1 amide bonds. The van der Waals surface area contributed by atoms with E-state index in [1.165, 1.54) is 0 Å². The number of hydrogen-bond donors (Lipinski definition) is 1. The van der Waals surface area contributed by atoms with Crippen LogP contribution in [0.1, 0.15) is 32.0 Å². The van der Waals surface area contributed by atoms with Gasteiger partial charge in [0.1, 0.15) is 0 Å². The van der Waals surface area contributed by atoms with E-state index in [0.29, 0.717) is 24.1 Å². The molecule has 20 heavy (non-hydrogen) atoms. The van der Waals surface area contributed by atoms with Crippen LogP contribution in [0.25, 0.3) is 0 Å². The highest BCUT2D eigenvalue weighted by molar-refractivity contribution is 7.99. The van der Waals surface area contributed by atoms with Crippen molar-refractivity contribution in [3.63, 3.8) is 0 Å². The van der Waals surface area contributed by atoms with Gasteiger partial charge >= 0.3 is 0 Å². The van der Waals surface area contributed by atoms with Crippen LogP contribution in [-0.4, -0.2) is 17.4 Å². The van der Waals surface area contributed by atoms with Gasteiger partial charge in [0.25, 0.3) is 5.91 Å². The summed E-state index contributed by atoms with van der Waals surface area (Å²) in [6, 6.07) is 9.32. The van der Waals surface area contributed by atoms with Crippen LogP contribution in [0.3, 0.4) is 0 Å². The number of Topliss-reactive ketones (excluding diaryl/α,β-unsaturated/α-hetero) is 1. The van der Waals surface area contributed by atoms with Gasteiger partial charge in [0.15, 0.2) is 5.78 Å². The Morgan fingerprint density at radius 3 is 2.95 bits per heavy atom. The summed E-state index contributed by atoms with van der Waals surface area (Å²) in [7, 11) is 0. The Bertz CT molecular complexity index is 650. The number of carbonyl (C=O) groups is 2. The van der Waals surface area contributed by atoms with E-state index >= 15 is 0 Å². The Labute approximate surface area is 125 Å². The normalized spacial score (nSPS) is 13.9. The molecule has 0 atom stereocenters. The number of fused-ring (bicyclic) bond motifs is 1. The van der Waals surface area contributed by atoms with E-state index in [0.717, 1.165) is 15.5 Å². The van der Waals surface area contributed by atoms with Crippen LogP contribution < -0.4 is 5.32 Å². The van der Waals surface area contributed by atoms with Crippen molar-refractivity contribution in [1.29, 1.82) is 0 Å². The lowest BCUT2D eigenvalue weighted by atomic mass is 10.0. The average molecular weight is 303 g/mol. The second-order valence-corrected chi connectivity index (χ2v) is 6.60. The summed E-state index contributed by atoms with van der Waals surface area (Å²) < 4.78 is 0. The molecule has 3 nitrogen and oxygen atoms in total. The van der Waals surface area contributed by atoms with Crippen LogP contribution in [0.15, 0.2) is 40.6 Å². The Balaban J connectivity index is 1.81. The highest BCUT2D eigenvalue weighted by atomic mass is 32.2. The van der Waals surface area contributed by atoms with Crippen molar-refractivity contribution in [3.8, 4) is 0 Å². The number of nitrogens with one attached hydrogen (secondary N) is 1. The molecule has 0 unspecified atom stereocenters. The van der Waals surface area contributed by atoms with E-state index < -0.39 is 0 Å². The standard InChI is InChI=1S/C15H13NO2S2/c17-13-6-8-20-14-11(13)4-1-5-12(14)15(18)16-9-10-3-2-7-19-10/h1-5,7H,6,8-9H2,(H,16,18). The SMILES string of the molecule is O=C1CCSc2c1cccc2C(=O)NCc1cccs1. The fraction of sp³-hybridized carbons (Fsp3) is 0.200. The minimum Gasteiger partial charge on any atom is -0.347 e. The van der Waals surface area contributed by atoms with E-state index in [1.807, 2.05) is 17.5 Å². The number of hydrogen-bond acceptors (Lipinski definition) is 4. The molecule has 1 aromatic carbocycles. The van der Waals surface area contributed by atoms with Gasteiger partial charge in [-0.05, 0) is 17.5 Å². The number of amides is 1. The molecule has 2 aromatic rings. The van der Waals surface area contributed by atoms with Crippen LogP contribution in [-0.2, 0) is 6.54 Å². The zero-order chi connectivity index (χ0) is 13.9. The second-order valence-electron chi connectivity index (χ2n) is 4.47. The van der Waals surface area contributed by atoms with Crippen LogP contribution in [0.2, 0.25) is 0 Å². The molecular weight excluding hydrogens is 290 g/mol. The number of thioether (sulfide) groups is 1. The van der Waals surface area contributed by atoms with E-state index in [2.05, 4.69) is 5.32 Å². The van der Waals surface area contributed by atoms with Gasteiger partial charge < -0.3 is 5.32 Å². The van der Waals surface area contributed by atoms with Gasteiger partial charge in [-0.25, -0.2) is 0 Å². The molecule has 1 aliphatic rings. The second kappa shape index (κ2) is 5.81. The van der Waals surface area contributed by atoms with Crippen molar-refractivity contribution in [3.05, 3.63) is 51.7 Å². The molecular formula is C15H13NO2S2. The first-order chi connectivity index (χ1) is 9.75. The quantitative estimate of drug-likeness (QED) is 0.946. The Hall–Kier alpha value is -1.59. The van der Waals surface area contributed by atoms with Crippen LogP contribution in [0.5, 0.6) is 0 Å². The van der Waals surface area contributed by atoms with Crippen molar-refractivity contribution in [2.75, 3.05) is 5.75 Å². The van der Waals surface area contributed by atoms with E-state index in [-0.39, 0.29) is 11.7 Å². The maximum absolute atomic E-state index is 12.3. The number of thiophene rings is 1. The van der Waals surface area contributed by atoms with E-state index in [9.17, 15) is 9.59 Å². The molecule has 102 valence electrons. The summed E-state index contributed by atoms with van der Waals surface area (Å²) in [5.74, 6) is 0.769. The summed E-state index contributed by atoms with van der Waals surface area (Å²) in [6.45, 7) is 0.527. The Morgan fingerprint density at radius 1 is 1.25 bits per heavy atom. The van der Waals surface area contributed by atoms with Gasteiger partial charge in [0.05, 0.1) is 12.1 Å². The predicted octanol–water partition coefficient (Wildman–Crippen LogP) is 3.36. The number of benzene rings is 1. The molecule has 0 saturated heterocycles. The molecule has 1 aromatic heterocycles. The van der Waals surface area contributed by atoms with Crippen molar-refractivity contribution in [2.45, 2.75) is 17.9 Å². The topological polar surface area (TPSA) is 46.2 Å². The van der Waals surface area contributed by atoms with E-state index in [4.69, 9.17) is 0 Å².